The molecule has 5 aliphatic heterocycles. The Morgan fingerprint density at radius 2 is 1.91 bits per heavy atom. The summed E-state index contributed by atoms with van der Waals surface area (Å²) in [4.78, 5) is 30.6. The molecule has 6 N–H and O–H groups in total. The van der Waals surface area contributed by atoms with Crippen LogP contribution in [0.2, 0.25) is 0 Å². The molecule has 0 aromatic rings. The molecular formula is C23H41FN8O3. The number of halogens is 1. The third-order valence-electron chi connectivity index (χ3n) is 8.60. The van der Waals surface area contributed by atoms with E-state index < -0.39 is 18.3 Å². The van der Waals surface area contributed by atoms with Gasteiger partial charge in [-0.05, 0) is 45.8 Å². The van der Waals surface area contributed by atoms with E-state index in [1.165, 1.54) is 0 Å². The van der Waals surface area contributed by atoms with Crippen LogP contribution in [0, 0.1) is 11.8 Å². The number of fused-ring (bicyclic) bond motifs is 1. The topological polar surface area (TPSA) is 127 Å². The summed E-state index contributed by atoms with van der Waals surface area (Å²) in [7, 11) is 1.70. The SMILES string of the molecule is COC1(C)CN(C(=O)C2CCN(C3CCNCC3NC(=O)C3C(N)NN4CC(F)CNC34)CC2)C1. The van der Waals surface area contributed by atoms with E-state index in [-0.39, 0.29) is 54.7 Å². The summed E-state index contributed by atoms with van der Waals surface area (Å²) in [5.74, 6) is -0.294. The summed E-state index contributed by atoms with van der Waals surface area (Å²) in [5.41, 5.74) is 9.08. The van der Waals surface area contributed by atoms with Gasteiger partial charge in [0.05, 0.1) is 43.0 Å². The normalized spacial score (nSPS) is 38.6. The van der Waals surface area contributed by atoms with Gasteiger partial charge in [0.1, 0.15) is 6.17 Å². The van der Waals surface area contributed by atoms with Crippen LogP contribution in [0.1, 0.15) is 26.2 Å². The zero-order valence-electron chi connectivity index (χ0n) is 20.8. The van der Waals surface area contributed by atoms with E-state index in [4.69, 9.17) is 10.5 Å². The molecule has 5 heterocycles. The number of nitrogens with two attached hydrogens (primary N) is 1. The number of carbonyl (C=O) groups excluding carboxylic acids is 2. The summed E-state index contributed by atoms with van der Waals surface area (Å²) in [6, 6.07) is 0.174. The molecule has 5 fully saturated rings. The van der Waals surface area contributed by atoms with Crippen molar-refractivity contribution in [3.8, 4) is 0 Å². The van der Waals surface area contributed by atoms with E-state index in [9.17, 15) is 14.0 Å². The number of hydrogen-bond acceptors (Lipinski definition) is 9. The predicted octanol–water partition coefficient (Wildman–Crippen LogP) is -2.22. The highest BCUT2D eigenvalue weighted by atomic mass is 19.1. The Hall–Kier alpha value is -1.41. The van der Waals surface area contributed by atoms with E-state index >= 15 is 0 Å². The first-order chi connectivity index (χ1) is 16.8. The molecule has 6 atom stereocenters. The minimum Gasteiger partial charge on any atom is -0.375 e. The van der Waals surface area contributed by atoms with Crippen LogP contribution in [0.15, 0.2) is 0 Å². The highest BCUT2D eigenvalue weighted by Gasteiger charge is 2.48. The number of methoxy groups -OCH3 is 1. The number of ether oxygens (including phenoxy) is 1. The van der Waals surface area contributed by atoms with Crippen LogP contribution in [0.4, 0.5) is 4.39 Å². The van der Waals surface area contributed by atoms with E-state index in [0.29, 0.717) is 19.6 Å². The molecule has 5 aliphatic rings. The number of nitrogens with one attached hydrogen (secondary N) is 4. The average molecular weight is 497 g/mol. The largest absolute Gasteiger partial charge is 0.375 e. The van der Waals surface area contributed by atoms with Gasteiger partial charge in [-0.25, -0.2) is 14.8 Å². The Morgan fingerprint density at radius 1 is 1.17 bits per heavy atom. The second kappa shape index (κ2) is 10.2. The second-order valence-corrected chi connectivity index (χ2v) is 11.1. The lowest BCUT2D eigenvalue weighted by Gasteiger charge is -2.49. The van der Waals surface area contributed by atoms with Gasteiger partial charge >= 0.3 is 0 Å². The lowest BCUT2D eigenvalue weighted by atomic mass is 9.88. The number of nitrogens with zero attached hydrogens (tertiary/aromatic N) is 3. The van der Waals surface area contributed by atoms with Crippen LogP contribution < -0.4 is 27.1 Å². The highest BCUT2D eigenvalue weighted by molar-refractivity contribution is 5.81. The number of piperidine rings is 2. The number of likely N-dealkylation sites (tertiary alicyclic amines) is 2. The number of rotatable bonds is 5. The third kappa shape index (κ3) is 5.07. The maximum Gasteiger partial charge on any atom is 0.229 e. The second-order valence-electron chi connectivity index (χ2n) is 11.1. The van der Waals surface area contributed by atoms with Crippen LogP contribution in [-0.2, 0) is 14.3 Å². The van der Waals surface area contributed by atoms with Crippen molar-refractivity contribution in [1.82, 2.24) is 36.2 Å². The zero-order valence-corrected chi connectivity index (χ0v) is 20.8. The molecule has 11 nitrogen and oxygen atoms in total. The van der Waals surface area contributed by atoms with Gasteiger partial charge in [-0.15, -0.1) is 0 Å². The van der Waals surface area contributed by atoms with E-state index in [1.807, 2.05) is 11.8 Å². The quantitative estimate of drug-likeness (QED) is 0.288. The van der Waals surface area contributed by atoms with Gasteiger partial charge in [0, 0.05) is 38.7 Å². The molecule has 6 unspecified atom stereocenters. The molecular weight excluding hydrogens is 455 g/mol. The molecule has 0 aromatic carbocycles. The molecule has 0 bridgehead atoms. The summed E-state index contributed by atoms with van der Waals surface area (Å²) in [5, 5.41) is 11.5. The maximum atomic E-state index is 13.8. The van der Waals surface area contributed by atoms with E-state index in [1.54, 1.807) is 12.1 Å². The first-order valence-electron chi connectivity index (χ1n) is 13.0. The smallest absolute Gasteiger partial charge is 0.229 e. The molecule has 5 rings (SSSR count). The van der Waals surface area contributed by atoms with Crippen molar-refractivity contribution in [2.75, 3.05) is 59.5 Å². The molecule has 35 heavy (non-hydrogen) atoms. The fourth-order valence-corrected chi connectivity index (χ4v) is 6.47. The maximum absolute atomic E-state index is 13.8. The van der Waals surface area contributed by atoms with Crippen molar-refractivity contribution in [2.45, 2.75) is 62.4 Å². The summed E-state index contributed by atoms with van der Waals surface area (Å²) in [6.45, 7) is 7.12. The van der Waals surface area contributed by atoms with Crippen molar-refractivity contribution < 1.29 is 18.7 Å². The summed E-state index contributed by atoms with van der Waals surface area (Å²) >= 11 is 0. The molecule has 5 saturated heterocycles. The van der Waals surface area contributed by atoms with Gasteiger partial charge in [-0.1, -0.05) is 0 Å². The fourth-order valence-electron chi connectivity index (χ4n) is 6.47. The van der Waals surface area contributed by atoms with Gasteiger partial charge in [-0.2, -0.15) is 0 Å². The molecule has 198 valence electrons. The van der Waals surface area contributed by atoms with Crippen molar-refractivity contribution >= 4 is 11.8 Å². The van der Waals surface area contributed by atoms with E-state index in [0.717, 1.165) is 38.9 Å². The van der Waals surface area contributed by atoms with Crippen LogP contribution in [0.25, 0.3) is 0 Å². The highest BCUT2D eigenvalue weighted by Crippen LogP contribution is 2.30. The molecule has 12 heteroatoms. The number of hydrazine groups is 1. The van der Waals surface area contributed by atoms with E-state index in [2.05, 4.69) is 26.3 Å². The monoisotopic (exact) mass is 496 g/mol. The number of carbonyl (C=O) groups is 2. The Balaban J connectivity index is 1.15. The first-order valence-corrected chi connectivity index (χ1v) is 13.0. The predicted molar refractivity (Wildman–Crippen MR) is 127 cm³/mol. The Morgan fingerprint density at radius 3 is 2.63 bits per heavy atom. The first kappa shape index (κ1) is 25.2. The van der Waals surface area contributed by atoms with Gasteiger partial charge in [0.25, 0.3) is 0 Å². The van der Waals surface area contributed by atoms with Crippen LogP contribution >= 0.6 is 0 Å². The van der Waals surface area contributed by atoms with Crippen molar-refractivity contribution in [3.05, 3.63) is 0 Å². The van der Waals surface area contributed by atoms with Gasteiger partial charge in [0.2, 0.25) is 11.8 Å². The average Bonchev–Trinajstić information content (AvgIpc) is 3.16. The Bertz CT molecular complexity index is 791. The molecule has 0 radical (unpaired) electrons. The van der Waals surface area contributed by atoms with Gasteiger partial charge < -0.3 is 26.0 Å². The van der Waals surface area contributed by atoms with Gasteiger partial charge in [0.15, 0.2) is 0 Å². The molecule has 0 saturated carbocycles. The van der Waals surface area contributed by atoms with Crippen LogP contribution in [0.3, 0.4) is 0 Å². The Kier molecular flexibility index (Phi) is 7.33. The molecule has 0 aliphatic carbocycles. The fraction of sp³-hybridized carbons (Fsp3) is 0.913. The van der Waals surface area contributed by atoms with Gasteiger partial charge in [-0.3, -0.25) is 19.8 Å². The number of amides is 2. The third-order valence-corrected chi connectivity index (χ3v) is 8.60. The summed E-state index contributed by atoms with van der Waals surface area (Å²) < 4.78 is 19.3. The lowest BCUT2D eigenvalue weighted by Crippen LogP contribution is -2.65. The minimum absolute atomic E-state index is 0.0416. The number of alkyl halides is 1. The zero-order chi connectivity index (χ0) is 24.7. The molecule has 2 amide bonds. The minimum atomic E-state index is -0.986. The molecule has 0 aromatic heterocycles. The van der Waals surface area contributed by atoms with Crippen LogP contribution in [0.5, 0.6) is 0 Å². The standard InChI is InChI=1S/C23H41FN8O3/c1-23(35-2)12-31(13-23)22(34)14-4-7-30(8-5-14)17-3-6-26-10-16(17)28-21(33)18-19(25)29-32-11-15(24)9-27-20(18)32/h14-20,26-27,29H,3-13,25H2,1-2H3,(H,28,33). The summed E-state index contributed by atoms with van der Waals surface area (Å²) in [6.07, 6.45) is 0.763. The number of hydrogen-bond donors (Lipinski definition) is 5. The lowest BCUT2D eigenvalue weighted by molar-refractivity contribution is -0.163. The molecule has 0 spiro atoms. The van der Waals surface area contributed by atoms with Crippen LogP contribution in [-0.4, -0.2) is 122 Å². The Labute approximate surface area is 206 Å². The van der Waals surface area contributed by atoms with Crippen molar-refractivity contribution in [3.63, 3.8) is 0 Å². The van der Waals surface area contributed by atoms with Crippen molar-refractivity contribution in [2.24, 2.45) is 17.6 Å². The van der Waals surface area contributed by atoms with Crippen molar-refractivity contribution in [1.29, 1.82) is 0 Å².